The Morgan fingerprint density at radius 1 is 1.50 bits per heavy atom. The van der Waals surface area contributed by atoms with E-state index < -0.39 is 0 Å². The summed E-state index contributed by atoms with van der Waals surface area (Å²) in [6, 6.07) is 3.86. The number of likely N-dealkylation sites (tertiary alicyclic amines) is 1. The highest BCUT2D eigenvalue weighted by atomic mass is 16.5. The summed E-state index contributed by atoms with van der Waals surface area (Å²) in [6.45, 7) is 3.86. The number of aliphatic hydroxyl groups is 1. The third-order valence-electron chi connectivity index (χ3n) is 3.68. The molecule has 1 aromatic rings. The van der Waals surface area contributed by atoms with Crippen molar-refractivity contribution >= 4 is 5.91 Å². The Bertz CT molecular complexity index is 442. The first-order valence-electron chi connectivity index (χ1n) is 7.11. The van der Waals surface area contributed by atoms with Crippen molar-refractivity contribution in [2.45, 2.75) is 32.3 Å². The quantitative estimate of drug-likeness (QED) is 0.870. The van der Waals surface area contributed by atoms with Crippen LogP contribution < -0.4 is 0 Å². The van der Waals surface area contributed by atoms with Gasteiger partial charge in [0.1, 0.15) is 0 Å². The summed E-state index contributed by atoms with van der Waals surface area (Å²) in [5.74, 6) is 0.132. The summed E-state index contributed by atoms with van der Waals surface area (Å²) < 4.78 is 5.50. The molecule has 1 saturated heterocycles. The van der Waals surface area contributed by atoms with Gasteiger partial charge in [0, 0.05) is 19.3 Å². The van der Waals surface area contributed by atoms with Crippen LogP contribution in [-0.2, 0) is 16.0 Å². The molecule has 1 aliphatic heterocycles. The van der Waals surface area contributed by atoms with Crippen LogP contribution in [0.2, 0.25) is 0 Å². The average Bonchev–Trinajstić information content (AvgIpc) is 2.48. The second kappa shape index (κ2) is 7.36. The number of ether oxygens (including phenoxy) is 1. The Kier molecular flexibility index (Phi) is 5.49. The molecule has 20 heavy (non-hydrogen) atoms. The summed E-state index contributed by atoms with van der Waals surface area (Å²) in [5, 5.41) is 8.73. The van der Waals surface area contributed by atoms with Gasteiger partial charge in [-0.1, -0.05) is 6.07 Å². The summed E-state index contributed by atoms with van der Waals surface area (Å²) in [6.07, 6.45) is 3.95. The van der Waals surface area contributed by atoms with Crippen LogP contribution in [0.15, 0.2) is 18.3 Å². The standard InChI is InChI=1S/C15H22N2O3/c1-12-3-2-6-16-14(12)11-15(19)17-7-4-13(5-8-17)20-10-9-18/h2-3,6,13,18H,4-5,7-11H2,1H3. The molecule has 110 valence electrons. The first-order chi connectivity index (χ1) is 9.70. The average molecular weight is 278 g/mol. The molecule has 2 heterocycles. The van der Waals surface area contributed by atoms with E-state index in [2.05, 4.69) is 4.98 Å². The van der Waals surface area contributed by atoms with Gasteiger partial charge in [0.2, 0.25) is 5.91 Å². The molecule has 0 spiro atoms. The molecule has 1 aromatic heterocycles. The van der Waals surface area contributed by atoms with Gasteiger partial charge in [0.05, 0.1) is 31.4 Å². The monoisotopic (exact) mass is 278 g/mol. The zero-order chi connectivity index (χ0) is 14.4. The van der Waals surface area contributed by atoms with Crippen LogP contribution in [0, 0.1) is 6.92 Å². The van der Waals surface area contributed by atoms with Gasteiger partial charge in [-0.05, 0) is 31.4 Å². The van der Waals surface area contributed by atoms with Crippen molar-refractivity contribution in [3.8, 4) is 0 Å². The number of aromatic nitrogens is 1. The maximum atomic E-state index is 12.2. The zero-order valence-corrected chi connectivity index (χ0v) is 11.9. The van der Waals surface area contributed by atoms with Gasteiger partial charge in [0.25, 0.3) is 0 Å². The summed E-state index contributed by atoms with van der Waals surface area (Å²) >= 11 is 0. The summed E-state index contributed by atoms with van der Waals surface area (Å²) in [4.78, 5) is 18.4. The van der Waals surface area contributed by atoms with E-state index in [1.165, 1.54) is 0 Å². The van der Waals surface area contributed by atoms with Crippen LogP contribution in [0.4, 0.5) is 0 Å². The number of pyridine rings is 1. The second-order valence-corrected chi connectivity index (χ2v) is 5.12. The van der Waals surface area contributed by atoms with Crippen molar-refractivity contribution in [3.63, 3.8) is 0 Å². The maximum absolute atomic E-state index is 12.2. The number of carbonyl (C=O) groups is 1. The van der Waals surface area contributed by atoms with Crippen LogP contribution in [-0.4, -0.2) is 53.3 Å². The van der Waals surface area contributed by atoms with E-state index in [1.807, 2.05) is 24.0 Å². The number of nitrogens with zero attached hydrogens (tertiary/aromatic N) is 2. The van der Waals surface area contributed by atoms with E-state index in [4.69, 9.17) is 9.84 Å². The predicted octanol–water partition coefficient (Wildman–Crippen LogP) is 0.932. The van der Waals surface area contributed by atoms with Gasteiger partial charge >= 0.3 is 0 Å². The number of aryl methyl sites for hydroxylation is 1. The minimum absolute atomic E-state index is 0.0537. The van der Waals surface area contributed by atoms with Gasteiger partial charge < -0.3 is 14.7 Å². The maximum Gasteiger partial charge on any atom is 0.228 e. The van der Waals surface area contributed by atoms with E-state index in [1.54, 1.807) is 6.20 Å². The molecule has 2 rings (SSSR count). The lowest BCUT2D eigenvalue weighted by molar-refractivity contribution is -0.133. The molecule has 0 unspecified atom stereocenters. The third-order valence-corrected chi connectivity index (χ3v) is 3.68. The Morgan fingerprint density at radius 2 is 2.25 bits per heavy atom. The van der Waals surface area contributed by atoms with Crippen molar-refractivity contribution in [2.75, 3.05) is 26.3 Å². The largest absolute Gasteiger partial charge is 0.394 e. The number of hydrogen-bond acceptors (Lipinski definition) is 4. The summed E-state index contributed by atoms with van der Waals surface area (Å²) in [7, 11) is 0. The SMILES string of the molecule is Cc1cccnc1CC(=O)N1CCC(OCCO)CC1. The molecule has 0 bridgehead atoms. The molecule has 1 amide bonds. The van der Waals surface area contributed by atoms with E-state index in [9.17, 15) is 4.79 Å². The second-order valence-electron chi connectivity index (χ2n) is 5.12. The van der Waals surface area contributed by atoms with Crippen molar-refractivity contribution in [2.24, 2.45) is 0 Å². The Hall–Kier alpha value is -1.46. The zero-order valence-electron chi connectivity index (χ0n) is 11.9. The van der Waals surface area contributed by atoms with Crippen molar-refractivity contribution < 1.29 is 14.6 Å². The molecule has 0 aromatic carbocycles. The van der Waals surface area contributed by atoms with E-state index >= 15 is 0 Å². The number of amides is 1. The molecule has 0 radical (unpaired) electrons. The number of piperidine rings is 1. The van der Waals surface area contributed by atoms with Crippen LogP contribution in [0.3, 0.4) is 0 Å². The molecule has 0 saturated carbocycles. The van der Waals surface area contributed by atoms with Crippen LogP contribution >= 0.6 is 0 Å². The molecule has 5 nitrogen and oxygen atoms in total. The molecule has 0 aliphatic carbocycles. The fourth-order valence-electron chi connectivity index (χ4n) is 2.45. The van der Waals surface area contributed by atoms with Crippen molar-refractivity contribution in [3.05, 3.63) is 29.6 Å². The van der Waals surface area contributed by atoms with Gasteiger partial charge in [-0.15, -0.1) is 0 Å². The lowest BCUT2D eigenvalue weighted by Crippen LogP contribution is -2.41. The van der Waals surface area contributed by atoms with Crippen LogP contribution in [0.5, 0.6) is 0 Å². The molecule has 0 atom stereocenters. The van der Waals surface area contributed by atoms with Gasteiger partial charge in [-0.2, -0.15) is 0 Å². The normalized spacial score (nSPS) is 16.4. The lowest BCUT2D eigenvalue weighted by atomic mass is 10.1. The number of carbonyl (C=O) groups excluding carboxylic acids is 1. The van der Waals surface area contributed by atoms with Gasteiger partial charge in [-0.3, -0.25) is 9.78 Å². The van der Waals surface area contributed by atoms with Crippen molar-refractivity contribution in [1.82, 2.24) is 9.88 Å². The fourth-order valence-corrected chi connectivity index (χ4v) is 2.45. The van der Waals surface area contributed by atoms with E-state index in [0.717, 1.165) is 37.2 Å². The molecular weight excluding hydrogens is 256 g/mol. The molecule has 5 heteroatoms. The highest BCUT2D eigenvalue weighted by Gasteiger charge is 2.23. The lowest BCUT2D eigenvalue weighted by Gasteiger charge is -2.32. The number of rotatable bonds is 5. The van der Waals surface area contributed by atoms with E-state index in [-0.39, 0.29) is 18.6 Å². The minimum Gasteiger partial charge on any atom is -0.394 e. The van der Waals surface area contributed by atoms with Gasteiger partial charge in [-0.25, -0.2) is 0 Å². The highest BCUT2D eigenvalue weighted by molar-refractivity contribution is 5.78. The molecule has 1 aliphatic rings. The molecule has 1 N–H and O–H groups in total. The topological polar surface area (TPSA) is 62.7 Å². The Balaban J connectivity index is 1.82. The predicted molar refractivity (Wildman–Crippen MR) is 75.3 cm³/mol. The Morgan fingerprint density at radius 3 is 2.90 bits per heavy atom. The minimum atomic E-state index is 0.0537. The van der Waals surface area contributed by atoms with Crippen LogP contribution in [0.1, 0.15) is 24.1 Å². The highest BCUT2D eigenvalue weighted by Crippen LogP contribution is 2.15. The first-order valence-corrected chi connectivity index (χ1v) is 7.11. The fraction of sp³-hybridized carbons (Fsp3) is 0.600. The van der Waals surface area contributed by atoms with E-state index in [0.29, 0.717) is 13.0 Å². The number of hydrogen-bond donors (Lipinski definition) is 1. The first kappa shape index (κ1) is 14.9. The number of aliphatic hydroxyl groups excluding tert-OH is 1. The third kappa shape index (κ3) is 4.02. The van der Waals surface area contributed by atoms with Crippen molar-refractivity contribution in [1.29, 1.82) is 0 Å². The molecule has 1 fully saturated rings. The summed E-state index contributed by atoms with van der Waals surface area (Å²) in [5.41, 5.74) is 1.91. The Labute approximate surface area is 119 Å². The van der Waals surface area contributed by atoms with Gasteiger partial charge in [0.15, 0.2) is 0 Å². The smallest absolute Gasteiger partial charge is 0.228 e. The van der Waals surface area contributed by atoms with Crippen LogP contribution in [0.25, 0.3) is 0 Å². The molecular formula is C15H22N2O3.